The molecule has 2 aliphatic rings. The first-order chi connectivity index (χ1) is 12.7. The second-order valence-corrected chi connectivity index (χ2v) is 7.51. The zero-order valence-corrected chi connectivity index (χ0v) is 16.2. The third-order valence-electron chi connectivity index (χ3n) is 5.29. The molecule has 2 saturated heterocycles. The summed E-state index contributed by atoms with van der Waals surface area (Å²) < 4.78 is 5.30. The van der Waals surface area contributed by atoms with Crippen molar-refractivity contribution < 1.29 is 4.74 Å². The molecule has 6 nitrogen and oxygen atoms in total. The summed E-state index contributed by atoms with van der Waals surface area (Å²) in [5.41, 5.74) is 2.82. The number of aromatic amines is 1. The van der Waals surface area contributed by atoms with Crippen molar-refractivity contribution in [2.75, 3.05) is 31.6 Å². The topological polar surface area (TPSA) is 70.2 Å². The van der Waals surface area contributed by atoms with Gasteiger partial charge in [0.25, 0.3) is 5.56 Å². The van der Waals surface area contributed by atoms with Crippen LogP contribution in [0.5, 0.6) is 0 Å². The van der Waals surface area contributed by atoms with Crippen LogP contribution in [0, 0.1) is 0 Å². The summed E-state index contributed by atoms with van der Waals surface area (Å²) in [6.45, 7) is 4.09. The van der Waals surface area contributed by atoms with E-state index in [1.54, 1.807) is 6.20 Å². The second kappa shape index (κ2) is 7.90. The van der Waals surface area contributed by atoms with E-state index in [2.05, 4.69) is 48.2 Å². The number of piperidine rings is 1. The molecule has 0 saturated carbocycles. The largest absolute Gasteiger partial charge is 0.378 e. The highest BCUT2D eigenvalue weighted by atomic mass is 79.9. The Morgan fingerprint density at radius 3 is 2.58 bits per heavy atom. The van der Waals surface area contributed by atoms with Gasteiger partial charge in [-0.3, -0.25) is 9.69 Å². The number of benzene rings is 1. The van der Waals surface area contributed by atoms with Gasteiger partial charge in [0.2, 0.25) is 0 Å². The van der Waals surface area contributed by atoms with Crippen molar-refractivity contribution in [1.82, 2.24) is 14.9 Å². The van der Waals surface area contributed by atoms with E-state index in [0.29, 0.717) is 23.1 Å². The predicted octanol–water partition coefficient (Wildman–Crippen LogP) is 2.99. The van der Waals surface area contributed by atoms with Crippen LogP contribution in [-0.4, -0.2) is 47.2 Å². The van der Waals surface area contributed by atoms with Gasteiger partial charge in [0.15, 0.2) is 5.82 Å². The number of anilines is 2. The summed E-state index contributed by atoms with van der Waals surface area (Å²) in [6.07, 6.45) is 4.00. The van der Waals surface area contributed by atoms with Crippen molar-refractivity contribution in [3.05, 3.63) is 52.1 Å². The lowest BCUT2D eigenvalue weighted by molar-refractivity contribution is -0.0712. The predicted molar refractivity (Wildman–Crippen MR) is 105 cm³/mol. The fraction of sp³-hybridized carbons (Fsp3) is 0.474. The number of alkyl halides is 1. The number of nitrogens with zero attached hydrogens (tertiary/aromatic N) is 2. The van der Waals surface area contributed by atoms with E-state index in [4.69, 9.17) is 4.74 Å². The fourth-order valence-electron chi connectivity index (χ4n) is 3.60. The van der Waals surface area contributed by atoms with Gasteiger partial charge < -0.3 is 15.0 Å². The van der Waals surface area contributed by atoms with E-state index >= 15 is 0 Å². The van der Waals surface area contributed by atoms with Gasteiger partial charge in [-0.1, -0.05) is 28.1 Å². The molecule has 138 valence electrons. The monoisotopic (exact) mass is 418 g/mol. The molecule has 2 aromatic rings. The van der Waals surface area contributed by atoms with Crippen LogP contribution in [0.2, 0.25) is 0 Å². The lowest BCUT2D eigenvalue weighted by Gasteiger charge is -2.41. The van der Waals surface area contributed by atoms with Gasteiger partial charge in [-0.05, 0) is 49.5 Å². The van der Waals surface area contributed by atoms with E-state index in [1.807, 2.05) is 12.1 Å². The average molecular weight is 419 g/mol. The molecule has 3 heterocycles. The smallest absolute Gasteiger partial charge is 0.291 e. The van der Waals surface area contributed by atoms with Crippen LogP contribution in [0.15, 0.2) is 35.3 Å². The molecule has 0 aliphatic carbocycles. The first-order valence-electron chi connectivity index (χ1n) is 9.06. The number of likely N-dealkylation sites (tertiary alicyclic amines) is 1. The summed E-state index contributed by atoms with van der Waals surface area (Å²) in [7, 11) is 0. The number of rotatable bonds is 5. The van der Waals surface area contributed by atoms with Crippen LogP contribution in [0.1, 0.15) is 30.0 Å². The van der Waals surface area contributed by atoms with Crippen LogP contribution in [-0.2, 0) is 10.1 Å². The zero-order valence-electron chi connectivity index (χ0n) is 14.6. The molecule has 4 rings (SSSR count). The maximum Gasteiger partial charge on any atom is 0.291 e. The maximum atomic E-state index is 11.9. The summed E-state index contributed by atoms with van der Waals surface area (Å²) >= 11 is 3.35. The Kier molecular flexibility index (Phi) is 5.38. The first kappa shape index (κ1) is 17.7. The van der Waals surface area contributed by atoms with Gasteiger partial charge in [-0.25, -0.2) is 4.98 Å². The fourth-order valence-corrected chi connectivity index (χ4v) is 3.89. The third-order valence-corrected chi connectivity index (χ3v) is 5.86. The van der Waals surface area contributed by atoms with Crippen LogP contribution < -0.4 is 10.9 Å². The molecule has 0 amide bonds. The van der Waals surface area contributed by atoms with Crippen molar-refractivity contribution in [1.29, 1.82) is 0 Å². The van der Waals surface area contributed by atoms with Crippen molar-refractivity contribution in [3.63, 3.8) is 0 Å². The van der Waals surface area contributed by atoms with Gasteiger partial charge in [0.1, 0.15) is 0 Å². The molecule has 2 fully saturated rings. The number of H-pyrrole nitrogens is 1. The Labute approximate surface area is 161 Å². The van der Waals surface area contributed by atoms with Gasteiger partial charge in [-0.15, -0.1) is 0 Å². The van der Waals surface area contributed by atoms with Crippen LogP contribution in [0.4, 0.5) is 11.5 Å². The van der Waals surface area contributed by atoms with Crippen LogP contribution >= 0.6 is 15.9 Å². The number of nitrogens with one attached hydrogen (secondary N) is 2. The molecular weight excluding hydrogens is 396 g/mol. The van der Waals surface area contributed by atoms with Crippen molar-refractivity contribution in [2.24, 2.45) is 0 Å². The third kappa shape index (κ3) is 3.84. The highest BCUT2D eigenvalue weighted by Crippen LogP contribution is 2.30. The highest BCUT2D eigenvalue weighted by molar-refractivity contribution is 9.08. The minimum atomic E-state index is -0.217. The summed E-state index contributed by atoms with van der Waals surface area (Å²) in [5.74, 6) is 0.935. The average Bonchev–Trinajstić information content (AvgIpc) is 2.63. The molecule has 2 N–H and O–H groups in total. The van der Waals surface area contributed by atoms with Crippen LogP contribution in [0.3, 0.4) is 0 Å². The molecule has 0 atom stereocenters. The van der Waals surface area contributed by atoms with E-state index in [-0.39, 0.29) is 5.56 Å². The Morgan fingerprint density at radius 2 is 1.96 bits per heavy atom. The summed E-state index contributed by atoms with van der Waals surface area (Å²) in [5, 5.41) is 3.72. The van der Waals surface area contributed by atoms with Gasteiger partial charge in [0.05, 0.1) is 24.9 Å². The molecule has 0 radical (unpaired) electrons. The summed E-state index contributed by atoms with van der Waals surface area (Å²) in [6, 6.07) is 9.03. The molecule has 2 aliphatic heterocycles. The molecular formula is C19H23BrN4O2. The summed E-state index contributed by atoms with van der Waals surface area (Å²) in [4.78, 5) is 21.5. The number of hydrogen-bond acceptors (Lipinski definition) is 5. The lowest BCUT2D eigenvalue weighted by atomic mass is 9.88. The normalized spacial score (nSPS) is 19.3. The van der Waals surface area contributed by atoms with Gasteiger partial charge in [-0.2, -0.15) is 0 Å². The van der Waals surface area contributed by atoms with E-state index in [9.17, 15) is 4.79 Å². The quantitative estimate of drug-likeness (QED) is 0.730. The van der Waals surface area contributed by atoms with Gasteiger partial charge in [0, 0.05) is 17.2 Å². The van der Waals surface area contributed by atoms with Crippen molar-refractivity contribution in [3.8, 4) is 0 Å². The number of ether oxygens (including phenoxy) is 1. The molecule has 0 bridgehead atoms. The molecule has 1 aromatic heterocycles. The Hall–Kier alpha value is -1.70. The van der Waals surface area contributed by atoms with E-state index < -0.39 is 0 Å². The number of hydrogen-bond donors (Lipinski definition) is 2. The first-order valence-corrected chi connectivity index (χ1v) is 10.2. The standard InChI is InChI=1S/C19H23BrN4O2/c20-9-16-10-21-19(25)18(23-16)22-15-3-1-13(2-4-15)14-5-7-24(8-6-14)17-11-26-12-17/h1-4,10,14,17H,5-9,11-12H2,(H,21,25)(H,22,23). The highest BCUT2D eigenvalue weighted by Gasteiger charge is 2.29. The van der Waals surface area contributed by atoms with E-state index in [0.717, 1.165) is 37.7 Å². The van der Waals surface area contributed by atoms with Gasteiger partial charge >= 0.3 is 0 Å². The molecule has 7 heteroatoms. The Morgan fingerprint density at radius 1 is 1.23 bits per heavy atom. The van der Waals surface area contributed by atoms with Crippen LogP contribution in [0.25, 0.3) is 0 Å². The van der Waals surface area contributed by atoms with Crippen molar-refractivity contribution in [2.45, 2.75) is 30.1 Å². The number of aromatic nitrogens is 2. The van der Waals surface area contributed by atoms with E-state index in [1.165, 1.54) is 18.4 Å². The molecule has 0 spiro atoms. The second-order valence-electron chi connectivity index (χ2n) is 6.95. The zero-order chi connectivity index (χ0) is 17.9. The SMILES string of the molecule is O=c1[nH]cc(CBr)nc1Nc1ccc(C2CCN(C3COC3)CC2)cc1. The van der Waals surface area contributed by atoms with Crippen molar-refractivity contribution >= 4 is 27.4 Å². The molecule has 0 unspecified atom stereocenters. The Balaban J connectivity index is 1.39. The minimum absolute atomic E-state index is 0.217. The minimum Gasteiger partial charge on any atom is -0.378 e. The maximum absolute atomic E-state index is 11.9. The number of halogens is 1. The molecule has 26 heavy (non-hydrogen) atoms. The molecule has 1 aromatic carbocycles. The Bertz CT molecular complexity index is 796. The lowest BCUT2D eigenvalue weighted by Crippen LogP contribution is -2.51.